The van der Waals surface area contributed by atoms with Crippen molar-refractivity contribution in [3.8, 4) is 0 Å². The highest BCUT2D eigenvalue weighted by Crippen LogP contribution is 2.20. The molecule has 2 rings (SSSR count). The van der Waals surface area contributed by atoms with Crippen molar-refractivity contribution >= 4 is 29.2 Å². The summed E-state index contributed by atoms with van der Waals surface area (Å²) in [6, 6.07) is 4.64. The van der Waals surface area contributed by atoms with Crippen LogP contribution < -0.4 is 16.4 Å². The van der Waals surface area contributed by atoms with Crippen LogP contribution in [0.3, 0.4) is 0 Å². The number of nitrogens with two attached hydrogens (primary N) is 1. The summed E-state index contributed by atoms with van der Waals surface area (Å²) < 4.78 is 0. The Balaban J connectivity index is 2.06. The maximum Gasteiger partial charge on any atom is 0.325 e. The molecule has 0 aromatic heterocycles. The summed E-state index contributed by atoms with van der Waals surface area (Å²) in [4.78, 5) is 36.5. The van der Waals surface area contributed by atoms with E-state index in [0.717, 1.165) is 10.5 Å². The number of carbonyl (C=O) groups excluding carboxylic acids is 3. The van der Waals surface area contributed by atoms with E-state index in [1.807, 2.05) is 13.0 Å². The lowest BCUT2D eigenvalue weighted by atomic mass is 10.1. The molecule has 0 unspecified atom stereocenters. The van der Waals surface area contributed by atoms with Crippen LogP contribution in [0.2, 0.25) is 0 Å². The molecule has 112 valence electrons. The van der Waals surface area contributed by atoms with Crippen molar-refractivity contribution < 1.29 is 14.4 Å². The third kappa shape index (κ3) is 2.96. The van der Waals surface area contributed by atoms with Gasteiger partial charge in [0.05, 0.1) is 11.4 Å². The van der Waals surface area contributed by atoms with Gasteiger partial charge in [-0.25, -0.2) is 4.79 Å². The van der Waals surface area contributed by atoms with Gasteiger partial charge in [0.2, 0.25) is 5.91 Å². The quantitative estimate of drug-likeness (QED) is 0.567. The van der Waals surface area contributed by atoms with Gasteiger partial charge in [0.15, 0.2) is 0 Å². The van der Waals surface area contributed by atoms with Crippen LogP contribution in [0.5, 0.6) is 0 Å². The van der Waals surface area contributed by atoms with Crippen LogP contribution >= 0.6 is 0 Å². The second kappa shape index (κ2) is 5.08. The van der Waals surface area contributed by atoms with Crippen molar-refractivity contribution in [1.29, 1.82) is 0 Å². The van der Waals surface area contributed by atoms with Gasteiger partial charge in [0, 0.05) is 0 Å². The highest BCUT2D eigenvalue weighted by atomic mass is 16.2. The fourth-order valence-corrected chi connectivity index (χ4v) is 2.09. The predicted molar refractivity (Wildman–Crippen MR) is 78.5 cm³/mol. The average Bonchev–Trinajstić information content (AvgIpc) is 2.55. The van der Waals surface area contributed by atoms with E-state index < -0.39 is 23.4 Å². The van der Waals surface area contributed by atoms with Gasteiger partial charge in [-0.1, -0.05) is 6.07 Å². The van der Waals surface area contributed by atoms with Crippen LogP contribution in [0.4, 0.5) is 16.2 Å². The molecule has 0 atom stereocenters. The number of anilines is 2. The van der Waals surface area contributed by atoms with E-state index in [9.17, 15) is 14.4 Å². The van der Waals surface area contributed by atoms with Crippen molar-refractivity contribution in [2.75, 3.05) is 17.6 Å². The Kier molecular flexibility index (Phi) is 3.59. The molecule has 1 fully saturated rings. The Hall–Kier alpha value is -2.57. The zero-order valence-corrected chi connectivity index (χ0v) is 12.2. The summed E-state index contributed by atoms with van der Waals surface area (Å²) in [7, 11) is 0. The summed E-state index contributed by atoms with van der Waals surface area (Å²) in [6.07, 6.45) is 0. The number of nitrogens with zero attached hydrogens (tertiary/aromatic N) is 1. The smallest absolute Gasteiger partial charge is 0.325 e. The topological polar surface area (TPSA) is 105 Å². The van der Waals surface area contributed by atoms with E-state index in [4.69, 9.17) is 5.73 Å². The Morgan fingerprint density at radius 2 is 2.05 bits per heavy atom. The number of nitrogens with one attached hydrogen (secondary N) is 2. The molecule has 0 aliphatic carbocycles. The van der Waals surface area contributed by atoms with Gasteiger partial charge in [-0.15, -0.1) is 0 Å². The predicted octanol–water partition coefficient (Wildman–Crippen LogP) is 0.846. The fourth-order valence-electron chi connectivity index (χ4n) is 2.09. The van der Waals surface area contributed by atoms with Gasteiger partial charge in [0.1, 0.15) is 12.1 Å². The number of nitrogen functional groups attached to an aromatic ring is 1. The lowest BCUT2D eigenvalue weighted by molar-refractivity contribution is -0.132. The van der Waals surface area contributed by atoms with Crippen molar-refractivity contribution in [1.82, 2.24) is 10.2 Å². The molecule has 0 saturated carbocycles. The molecule has 1 aromatic rings. The van der Waals surface area contributed by atoms with E-state index in [-0.39, 0.29) is 6.54 Å². The highest BCUT2D eigenvalue weighted by Gasteiger charge is 2.44. The monoisotopic (exact) mass is 290 g/mol. The second-order valence-electron chi connectivity index (χ2n) is 5.59. The summed E-state index contributed by atoms with van der Waals surface area (Å²) in [5.41, 5.74) is 6.68. The first-order valence-corrected chi connectivity index (χ1v) is 6.51. The van der Waals surface area contributed by atoms with Crippen molar-refractivity contribution in [3.05, 3.63) is 23.8 Å². The second-order valence-corrected chi connectivity index (χ2v) is 5.59. The molecule has 4 amide bonds. The Labute approximate surface area is 122 Å². The molecule has 1 aliphatic rings. The minimum Gasteiger partial charge on any atom is -0.397 e. The number of hydrogen-bond acceptors (Lipinski definition) is 4. The van der Waals surface area contributed by atoms with Gasteiger partial charge < -0.3 is 16.4 Å². The summed E-state index contributed by atoms with van der Waals surface area (Å²) >= 11 is 0. The largest absolute Gasteiger partial charge is 0.397 e. The molecule has 4 N–H and O–H groups in total. The van der Waals surface area contributed by atoms with Crippen LogP contribution in [0, 0.1) is 6.92 Å². The zero-order chi connectivity index (χ0) is 15.8. The number of aryl methyl sites for hydroxylation is 1. The van der Waals surface area contributed by atoms with Crippen molar-refractivity contribution in [3.63, 3.8) is 0 Å². The van der Waals surface area contributed by atoms with Crippen LogP contribution in [0.15, 0.2) is 18.2 Å². The average molecular weight is 290 g/mol. The minimum absolute atomic E-state index is 0.346. The molecule has 1 aromatic carbocycles. The van der Waals surface area contributed by atoms with Crippen LogP contribution in [0.25, 0.3) is 0 Å². The first kappa shape index (κ1) is 14.8. The van der Waals surface area contributed by atoms with E-state index in [2.05, 4.69) is 10.6 Å². The standard InChI is InChI=1S/C14H18N4O3/c1-8-4-5-10(9(15)6-8)16-11(19)7-18-12(20)14(2,3)17-13(18)21/h4-6H,7,15H2,1-3H3,(H,16,19)(H,17,21). The van der Waals surface area contributed by atoms with E-state index in [0.29, 0.717) is 11.4 Å². The first-order chi connectivity index (χ1) is 9.70. The number of amides is 4. The molecule has 0 bridgehead atoms. The third-order valence-electron chi connectivity index (χ3n) is 3.23. The van der Waals surface area contributed by atoms with E-state index >= 15 is 0 Å². The summed E-state index contributed by atoms with van der Waals surface area (Å²) in [5, 5.41) is 5.11. The van der Waals surface area contributed by atoms with Gasteiger partial charge >= 0.3 is 6.03 Å². The van der Waals surface area contributed by atoms with Gasteiger partial charge in [0.25, 0.3) is 5.91 Å². The number of urea groups is 1. The molecular formula is C14H18N4O3. The van der Waals surface area contributed by atoms with Crippen molar-refractivity contribution in [2.45, 2.75) is 26.3 Å². The zero-order valence-electron chi connectivity index (χ0n) is 12.2. The number of benzene rings is 1. The van der Waals surface area contributed by atoms with Gasteiger partial charge in [-0.05, 0) is 38.5 Å². The van der Waals surface area contributed by atoms with E-state index in [1.54, 1.807) is 26.0 Å². The first-order valence-electron chi connectivity index (χ1n) is 6.51. The minimum atomic E-state index is -0.986. The number of hydrogen-bond donors (Lipinski definition) is 3. The third-order valence-corrected chi connectivity index (χ3v) is 3.23. The summed E-state index contributed by atoms with van der Waals surface area (Å²) in [6.45, 7) is 4.71. The molecule has 7 nitrogen and oxygen atoms in total. The lowest BCUT2D eigenvalue weighted by Gasteiger charge is -2.16. The number of carbonyl (C=O) groups is 3. The van der Waals surface area contributed by atoms with Crippen molar-refractivity contribution in [2.24, 2.45) is 0 Å². The summed E-state index contributed by atoms with van der Waals surface area (Å²) in [5.74, 6) is -0.911. The number of rotatable bonds is 3. The molecule has 21 heavy (non-hydrogen) atoms. The van der Waals surface area contributed by atoms with E-state index in [1.165, 1.54) is 0 Å². The maximum absolute atomic E-state index is 12.0. The molecule has 0 spiro atoms. The Morgan fingerprint density at radius 3 is 2.57 bits per heavy atom. The molecule has 1 saturated heterocycles. The Bertz CT molecular complexity index is 625. The normalized spacial score (nSPS) is 16.8. The van der Waals surface area contributed by atoms with Crippen LogP contribution in [0.1, 0.15) is 19.4 Å². The van der Waals surface area contributed by atoms with Gasteiger partial charge in [-0.3, -0.25) is 14.5 Å². The van der Waals surface area contributed by atoms with Crippen LogP contribution in [-0.2, 0) is 9.59 Å². The van der Waals surface area contributed by atoms with Crippen LogP contribution in [-0.4, -0.2) is 34.8 Å². The molecular weight excluding hydrogens is 272 g/mol. The lowest BCUT2D eigenvalue weighted by Crippen LogP contribution is -2.41. The maximum atomic E-state index is 12.0. The molecule has 0 radical (unpaired) electrons. The fraction of sp³-hybridized carbons (Fsp3) is 0.357. The Morgan fingerprint density at radius 1 is 1.38 bits per heavy atom. The SMILES string of the molecule is Cc1ccc(NC(=O)CN2C(=O)NC(C)(C)C2=O)c(N)c1. The molecule has 1 aliphatic heterocycles. The molecule has 1 heterocycles. The van der Waals surface area contributed by atoms with Gasteiger partial charge in [-0.2, -0.15) is 0 Å². The highest BCUT2D eigenvalue weighted by molar-refractivity contribution is 6.09. The molecule has 7 heteroatoms. The number of imide groups is 1.